The first-order valence-electron chi connectivity index (χ1n) is 19.1. The van der Waals surface area contributed by atoms with Crippen LogP contribution in [0.2, 0.25) is 0 Å². The Morgan fingerprint density at radius 3 is 1.47 bits per heavy atom. The molecule has 3 heterocycles. The maximum absolute atomic E-state index is 5.17. The monoisotopic (exact) mass is 727 g/mol. The second-order valence-corrected chi connectivity index (χ2v) is 14.3. The average Bonchev–Trinajstić information content (AvgIpc) is 3.63. The van der Waals surface area contributed by atoms with E-state index in [0.717, 1.165) is 66.4 Å². The molecule has 0 N–H and O–H groups in total. The molecule has 11 rings (SSSR count). The Balaban J connectivity index is 1.04. The summed E-state index contributed by atoms with van der Waals surface area (Å²) in [5.74, 6) is 1.87. The van der Waals surface area contributed by atoms with Gasteiger partial charge in [0.05, 0.1) is 22.2 Å². The van der Waals surface area contributed by atoms with Crippen LogP contribution in [0, 0.1) is 0 Å². The fourth-order valence-corrected chi connectivity index (χ4v) is 8.12. The van der Waals surface area contributed by atoms with Crippen LogP contribution in [0.15, 0.2) is 200 Å². The van der Waals surface area contributed by atoms with E-state index in [1.807, 2.05) is 36.4 Å². The highest BCUT2D eigenvalue weighted by Gasteiger charge is 2.17. The predicted octanol–water partition coefficient (Wildman–Crippen LogP) is 13.0. The van der Waals surface area contributed by atoms with Gasteiger partial charge in [-0.3, -0.25) is 0 Å². The number of aromatic nitrogens is 5. The fourth-order valence-electron chi connectivity index (χ4n) is 8.12. The summed E-state index contributed by atoms with van der Waals surface area (Å²) in [5, 5.41) is 5.81. The zero-order valence-electron chi connectivity index (χ0n) is 30.8. The normalized spacial score (nSPS) is 11.5. The highest BCUT2D eigenvalue weighted by Crippen LogP contribution is 2.38. The van der Waals surface area contributed by atoms with Gasteiger partial charge in [-0.1, -0.05) is 146 Å². The molecule has 3 aromatic heterocycles. The number of nitrogens with zero attached hydrogens (tertiary/aromatic N) is 5. The summed E-state index contributed by atoms with van der Waals surface area (Å²) in [6.45, 7) is 0. The molecule has 0 amide bonds. The lowest BCUT2D eigenvalue weighted by Gasteiger charge is -2.14. The Bertz CT molecular complexity index is 3210. The molecular formula is C52H33N5. The van der Waals surface area contributed by atoms with Gasteiger partial charge in [0.1, 0.15) is 0 Å². The summed E-state index contributed by atoms with van der Waals surface area (Å²) in [4.78, 5) is 20.4. The number of pyridine rings is 1. The van der Waals surface area contributed by atoms with Crippen LogP contribution in [0.4, 0.5) is 0 Å². The molecule has 266 valence electrons. The van der Waals surface area contributed by atoms with Crippen molar-refractivity contribution in [2.45, 2.75) is 0 Å². The summed E-state index contributed by atoms with van der Waals surface area (Å²) in [6.07, 6.45) is 0. The van der Waals surface area contributed by atoms with Gasteiger partial charge >= 0.3 is 0 Å². The molecule has 0 aliphatic heterocycles. The first-order chi connectivity index (χ1) is 28.2. The molecule has 11 aromatic rings. The molecule has 57 heavy (non-hydrogen) atoms. The lowest BCUT2D eigenvalue weighted by Crippen LogP contribution is -2.00. The zero-order valence-corrected chi connectivity index (χ0v) is 30.8. The lowest BCUT2D eigenvalue weighted by atomic mass is 9.94. The van der Waals surface area contributed by atoms with Crippen molar-refractivity contribution in [2.24, 2.45) is 0 Å². The van der Waals surface area contributed by atoms with Gasteiger partial charge in [0, 0.05) is 44.1 Å². The number of hydrogen-bond acceptors (Lipinski definition) is 4. The van der Waals surface area contributed by atoms with Crippen molar-refractivity contribution >= 4 is 43.5 Å². The van der Waals surface area contributed by atoms with Crippen LogP contribution >= 0.6 is 0 Å². The number of hydrogen-bond donors (Lipinski definition) is 0. The largest absolute Gasteiger partial charge is 0.309 e. The molecule has 0 spiro atoms. The third-order valence-electron chi connectivity index (χ3n) is 10.8. The van der Waals surface area contributed by atoms with Crippen LogP contribution < -0.4 is 0 Å². The molecule has 0 saturated carbocycles. The van der Waals surface area contributed by atoms with Gasteiger partial charge in [-0.25, -0.2) is 19.9 Å². The van der Waals surface area contributed by atoms with Gasteiger partial charge in [0.15, 0.2) is 17.5 Å². The van der Waals surface area contributed by atoms with E-state index in [4.69, 9.17) is 19.9 Å². The molecule has 0 aliphatic carbocycles. The number of rotatable bonds is 6. The highest BCUT2D eigenvalue weighted by atomic mass is 15.0. The summed E-state index contributed by atoms with van der Waals surface area (Å²) in [6, 6.07) is 69.8. The van der Waals surface area contributed by atoms with Crippen LogP contribution in [0.25, 0.3) is 106 Å². The van der Waals surface area contributed by atoms with Crippen LogP contribution in [-0.2, 0) is 0 Å². The topological polar surface area (TPSA) is 56.5 Å². The standard InChI is InChI=1S/C52H33N5/c1-4-14-34(15-5-1)44-33-46(35-16-6-2-7-17-35)53-45-31-27-38-32-39(26-30-41(38)49(44)45)52-55-50(36-18-8-3-9-19-36)54-51(56-52)37-24-28-40(29-25-37)57-47-22-12-10-20-42(47)43-21-11-13-23-48(43)57/h1-33H. The smallest absolute Gasteiger partial charge is 0.164 e. The third-order valence-corrected chi connectivity index (χ3v) is 10.8. The van der Waals surface area contributed by atoms with E-state index in [-0.39, 0.29) is 0 Å². The van der Waals surface area contributed by atoms with Crippen molar-refractivity contribution in [3.8, 4) is 62.2 Å². The third kappa shape index (κ3) is 5.72. The minimum absolute atomic E-state index is 0.619. The van der Waals surface area contributed by atoms with Crippen molar-refractivity contribution in [3.05, 3.63) is 200 Å². The molecule has 5 heteroatoms. The Kier molecular flexibility index (Phi) is 7.74. The molecule has 0 bridgehead atoms. The minimum atomic E-state index is 0.619. The first kappa shape index (κ1) is 32.7. The second-order valence-electron chi connectivity index (χ2n) is 14.3. The molecule has 5 nitrogen and oxygen atoms in total. The number of para-hydroxylation sites is 2. The summed E-state index contributed by atoms with van der Waals surface area (Å²) < 4.78 is 2.32. The zero-order chi connectivity index (χ0) is 37.7. The first-order valence-corrected chi connectivity index (χ1v) is 19.1. The second kappa shape index (κ2) is 13.5. The van der Waals surface area contributed by atoms with Crippen LogP contribution in [0.3, 0.4) is 0 Å². The van der Waals surface area contributed by atoms with Gasteiger partial charge in [0.2, 0.25) is 0 Å². The quantitative estimate of drug-likeness (QED) is 0.160. The van der Waals surface area contributed by atoms with E-state index in [0.29, 0.717) is 17.5 Å². The summed E-state index contributed by atoms with van der Waals surface area (Å²) >= 11 is 0. The average molecular weight is 728 g/mol. The van der Waals surface area contributed by atoms with E-state index >= 15 is 0 Å². The Morgan fingerprint density at radius 1 is 0.333 bits per heavy atom. The van der Waals surface area contributed by atoms with Crippen LogP contribution in [0.5, 0.6) is 0 Å². The van der Waals surface area contributed by atoms with Crippen molar-refractivity contribution in [1.29, 1.82) is 0 Å². The van der Waals surface area contributed by atoms with Crippen molar-refractivity contribution in [3.63, 3.8) is 0 Å². The Morgan fingerprint density at radius 2 is 0.842 bits per heavy atom. The Hall–Kier alpha value is -7.76. The SMILES string of the molecule is c1ccc(-c2cc(-c3ccccc3)c3c(ccc4cc(-c5nc(-c6ccccc6)nc(-c6ccc(-n7c8ccccc8c8ccccc87)cc6)n5)ccc43)n2)cc1. The van der Waals surface area contributed by atoms with E-state index in [2.05, 4.69) is 168 Å². The predicted molar refractivity (Wildman–Crippen MR) is 234 cm³/mol. The molecule has 0 saturated heterocycles. The van der Waals surface area contributed by atoms with E-state index in [9.17, 15) is 0 Å². The van der Waals surface area contributed by atoms with Gasteiger partial charge in [0.25, 0.3) is 0 Å². The van der Waals surface area contributed by atoms with Gasteiger partial charge in [-0.2, -0.15) is 0 Å². The summed E-state index contributed by atoms with van der Waals surface area (Å²) in [7, 11) is 0. The minimum Gasteiger partial charge on any atom is -0.309 e. The molecule has 0 aliphatic rings. The molecule has 8 aromatic carbocycles. The van der Waals surface area contributed by atoms with Gasteiger partial charge < -0.3 is 4.57 Å². The summed E-state index contributed by atoms with van der Waals surface area (Å²) in [5.41, 5.74) is 11.5. The molecule has 0 atom stereocenters. The van der Waals surface area contributed by atoms with Crippen molar-refractivity contribution in [2.75, 3.05) is 0 Å². The van der Waals surface area contributed by atoms with Crippen LogP contribution in [-0.4, -0.2) is 24.5 Å². The van der Waals surface area contributed by atoms with Gasteiger partial charge in [-0.05, 0) is 76.5 Å². The molecular weight excluding hydrogens is 695 g/mol. The lowest BCUT2D eigenvalue weighted by molar-refractivity contribution is 1.07. The molecule has 0 radical (unpaired) electrons. The van der Waals surface area contributed by atoms with Crippen LogP contribution in [0.1, 0.15) is 0 Å². The van der Waals surface area contributed by atoms with E-state index < -0.39 is 0 Å². The maximum atomic E-state index is 5.17. The number of fused-ring (bicyclic) bond motifs is 6. The maximum Gasteiger partial charge on any atom is 0.164 e. The van der Waals surface area contributed by atoms with Crippen molar-refractivity contribution < 1.29 is 0 Å². The van der Waals surface area contributed by atoms with E-state index in [1.54, 1.807) is 0 Å². The van der Waals surface area contributed by atoms with Gasteiger partial charge in [-0.15, -0.1) is 0 Å². The Labute approximate surface area is 329 Å². The molecule has 0 fully saturated rings. The fraction of sp³-hybridized carbons (Fsp3) is 0. The molecule has 0 unspecified atom stereocenters. The highest BCUT2D eigenvalue weighted by molar-refractivity contribution is 6.14. The van der Waals surface area contributed by atoms with E-state index in [1.165, 1.54) is 21.8 Å². The van der Waals surface area contributed by atoms with Crippen molar-refractivity contribution in [1.82, 2.24) is 24.5 Å². The number of benzene rings is 8.